The Hall–Kier alpha value is 0.140. The van der Waals surface area contributed by atoms with Crippen molar-refractivity contribution < 1.29 is 0 Å². The topological polar surface area (TPSA) is 12.0 Å². The molecule has 1 heterocycles. The number of hydrogen-bond acceptors (Lipinski definition) is 2. The molecule has 2 rings (SSSR count). The Bertz CT molecular complexity index is 386. The summed E-state index contributed by atoms with van der Waals surface area (Å²) in [5.41, 5.74) is 0.460. The Labute approximate surface area is 123 Å². The van der Waals surface area contributed by atoms with Crippen molar-refractivity contribution in [3.63, 3.8) is 0 Å². The normalized spacial score (nSPS) is 25.0. The molecule has 1 aromatic rings. The maximum absolute atomic E-state index is 3.73. The highest BCUT2D eigenvalue weighted by molar-refractivity contribution is 9.11. The van der Waals surface area contributed by atoms with Crippen molar-refractivity contribution in [1.82, 2.24) is 5.32 Å². The summed E-state index contributed by atoms with van der Waals surface area (Å²) in [5.74, 6) is 0.761. The molecule has 1 aliphatic carbocycles. The van der Waals surface area contributed by atoms with Gasteiger partial charge in [-0.2, -0.15) is 0 Å². The molecule has 1 N–H and O–H groups in total. The molecular formula is C15H24BrNS. The minimum Gasteiger partial charge on any atom is -0.309 e. The van der Waals surface area contributed by atoms with Crippen LogP contribution in [0.15, 0.2) is 15.9 Å². The lowest BCUT2D eigenvalue weighted by Crippen LogP contribution is -2.38. The number of halogens is 1. The van der Waals surface area contributed by atoms with Crippen molar-refractivity contribution in [2.24, 2.45) is 11.3 Å². The highest BCUT2D eigenvalue weighted by Gasteiger charge is 2.38. The van der Waals surface area contributed by atoms with E-state index >= 15 is 0 Å². The predicted molar refractivity (Wildman–Crippen MR) is 84.2 cm³/mol. The van der Waals surface area contributed by atoms with E-state index in [9.17, 15) is 0 Å². The van der Waals surface area contributed by atoms with Crippen LogP contribution in [0.2, 0.25) is 0 Å². The van der Waals surface area contributed by atoms with Gasteiger partial charge in [0, 0.05) is 10.9 Å². The second kappa shape index (κ2) is 6.06. The van der Waals surface area contributed by atoms with E-state index in [-0.39, 0.29) is 0 Å². The van der Waals surface area contributed by atoms with Gasteiger partial charge in [-0.15, -0.1) is 11.3 Å². The Kier molecular flexibility index (Phi) is 4.90. The number of nitrogens with one attached hydrogen (secondary N) is 1. The quantitative estimate of drug-likeness (QED) is 0.782. The van der Waals surface area contributed by atoms with Gasteiger partial charge in [-0.1, -0.05) is 33.6 Å². The Balaban J connectivity index is 2.23. The van der Waals surface area contributed by atoms with E-state index in [0.29, 0.717) is 11.5 Å². The van der Waals surface area contributed by atoms with Crippen LogP contribution in [0.5, 0.6) is 0 Å². The lowest BCUT2D eigenvalue weighted by Gasteiger charge is -2.43. The summed E-state index contributed by atoms with van der Waals surface area (Å²) in [6.07, 6.45) is 5.52. The van der Waals surface area contributed by atoms with Gasteiger partial charge in [0.1, 0.15) is 0 Å². The standard InChI is InChI=1S/C15H24BrNS/c1-4-17-14(12-8-9-13(16)18-12)11-7-5-6-10-15(11,2)3/h8-9,11,14,17H,4-7,10H2,1-3H3. The van der Waals surface area contributed by atoms with Gasteiger partial charge in [0.2, 0.25) is 0 Å². The summed E-state index contributed by atoms with van der Waals surface area (Å²) in [4.78, 5) is 1.49. The third-order valence-electron chi connectivity index (χ3n) is 4.32. The van der Waals surface area contributed by atoms with Crippen LogP contribution in [0.1, 0.15) is 57.4 Å². The first-order valence-corrected chi connectivity index (χ1v) is 8.64. The van der Waals surface area contributed by atoms with E-state index < -0.39 is 0 Å². The average Bonchev–Trinajstić information content (AvgIpc) is 2.73. The van der Waals surface area contributed by atoms with Crippen LogP contribution in [0.4, 0.5) is 0 Å². The number of thiophene rings is 1. The minimum absolute atomic E-state index is 0.460. The van der Waals surface area contributed by atoms with E-state index in [4.69, 9.17) is 0 Å². The lowest BCUT2D eigenvalue weighted by atomic mass is 9.65. The van der Waals surface area contributed by atoms with Gasteiger partial charge in [-0.25, -0.2) is 0 Å². The van der Waals surface area contributed by atoms with Gasteiger partial charge in [-0.05, 0) is 58.8 Å². The molecule has 0 amide bonds. The molecule has 0 aliphatic heterocycles. The molecule has 0 radical (unpaired) electrons. The van der Waals surface area contributed by atoms with Crippen LogP contribution in [0.25, 0.3) is 0 Å². The van der Waals surface area contributed by atoms with E-state index in [1.165, 1.54) is 34.3 Å². The number of hydrogen-bond donors (Lipinski definition) is 1. The molecule has 1 saturated carbocycles. The van der Waals surface area contributed by atoms with Gasteiger partial charge in [0.25, 0.3) is 0 Å². The van der Waals surface area contributed by atoms with Crippen molar-refractivity contribution in [2.45, 2.75) is 52.5 Å². The number of rotatable bonds is 4. The fourth-order valence-electron chi connectivity index (χ4n) is 3.30. The van der Waals surface area contributed by atoms with Crippen molar-refractivity contribution in [1.29, 1.82) is 0 Å². The van der Waals surface area contributed by atoms with Gasteiger partial charge >= 0.3 is 0 Å². The summed E-state index contributed by atoms with van der Waals surface area (Å²) in [6, 6.07) is 4.99. The molecule has 0 saturated heterocycles. The molecule has 0 aromatic carbocycles. The fraction of sp³-hybridized carbons (Fsp3) is 0.733. The summed E-state index contributed by atoms with van der Waals surface area (Å²) in [7, 11) is 0. The van der Waals surface area contributed by atoms with Gasteiger partial charge in [0.15, 0.2) is 0 Å². The molecule has 3 heteroatoms. The lowest BCUT2D eigenvalue weighted by molar-refractivity contribution is 0.100. The van der Waals surface area contributed by atoms with Gasteiger partial charge in [-0.3, -0.25) is 0 Å². The average molecular weight is 330 g/mol. The molecule has 102 valence electrons. The molecular weight excluding hydrogens is 306 g/mol. The molecule has 0 spiro atoms. The molecule has 1 aliphatic rings. The Morgan fingerprint density at radius 1 is 1.44 bits per heavy atom. The van der Waals surface area contributed by atoms with Crippen LogP contribution < -0.4 is 5.32 Å². The second-order valence-corrected chi connectivity index (χ2v) is 8.51. The molecule has 0 bridgehead atoms. The smallest absolute Gasteiger partial charge is 0.0701 e. The monoisotopic (exact) mass is 329 g/mol. The maximum Gasteiger partial charge on any atom is 0.0701 e. The third kappa shape index (κ3) is 3.17. The van der Waals surface area contributed by atoms with Crippen LogP contribution in [-0.2, 0) is 0 Å². The molecule has 18 heavy (non-hydrogen) atoms. The van der Waals surface area contributed by atoms with E-state index in [2.05, 4.69) is 54.2 Å². The summed E-state index contributed by atoms with van der Waals surface area (Å²) < 4.78 is 1.24. The first-order valence-electron chi connectivity index (χ1n) is 7.03. The van der Waals surface area contributed by atoms with Crippen molar-refractivity contribution >= 4 is 27.3 Å². The largest absolute Gasteiger partial charge is 0.309 e. The van der Waals surface area contributed by atoms with Crippen molar-refractivity contribution in [3.05, 3.63) is 20.8 Å². The second-order valence-electron chi connectivity index (χ2n) is 6.02. The van der Waals surface area contributed by atoms with Crippen LogP contribution >= 0.6 is 27.3 Å². The summed E-state index contributed by atoms with van der Waals surface area (Å²) >= 11 is 5.48. The summed E-state index contributed by atoms with van der Waals surface area (Å²) in [6.45, 7) is 8.16. The van der Waals surface area contributed by atoms with Crippen LogP contribution in [-0.4, -0.2) is 6.54 Å². The van der Waals surface area contributed by atoms with E-state index in [1.807, 2.05) is 11.3 Å². The van der Waals surface area contributed by atoms with Crippen molar-refractivity contribution in [3.8, 4) is 0 Å². The maximum atomic E-state index is 3.73. The highest BCUT2D eigenvalue weighted by atomic mass is 79.9. The van der Waals surface area contributed by atoms with Gasteiger partial charge < -0.3 is 5.32 Å². The zero-order chi connectivity index (χ0) is 13.2. The fourth-order valence-corrected chi connectivity index (χ4v) is 4.86. The zero-order valence-corrected chi connectivity index (χ0v) is 14.0. The predicted octanol–water partition coefficient (Wildman–Crippen LogP) is 5.38. The highest BCUT2D eigenvalue weighted by Crippen LogP contribution is 2.48. The molecule has 2 unspecified atom stereocenters. The first kappa shape index (κ1) is 14.5. The zero-order valence-electron chi connectivity index (χ0n) is 11.6. The molecule has 2 atom stereocenters. The minimum atomic E-state index is 0.460. The van der Waals surface area contributed by atoms with E-state index in [0.717, 1.165) is 12.5 Å². The molecule has 1 fully saturated rings. The van der Waals surface area contributed by atoms with E-state index in [1.54, 1.807) is 0 Å². The van der Waals surface area contributed by atoms with Crippen LogP contribution in [0, 0.1) is 11.3 Å². The first-order chi connectivity index (χ1) is 8.54. The summed E-state index contributed by atoms with van der Waals surface area (Å²) in [5, 5.41) is 3.73. The molecule has 1 aromatic heterocycles. The van der Waals surface area contributed by atoms with Crippen molar-refractivity contribution in [2.75, 3.05) is 6.54 Å². The molecule has 1 nitrogen and oxygen atoms in total. The Morgan fingerprint density at radius 2 is 2.22 bits per heavy atom. The van der Waals surface area contributed by atoms with Gasteiger partial charge in [0.05, 0.1) is 3.79 Å². The van der Waals surface area contributed by atoms with Crippen LogP contribution in [0.3, 0.4) is 0 Å². The Morgan fingerprint density at radius 3 is 2.78 bits per heavy atom. The SMILES string of the molecule is CCNC(c1ccc(Br)s1)C1CCCCC1(C)C. The third-order valence-corrected chi connectivity index (χ3v) is 6.02.